The molecule has 0 saturated carbocycles. The van der Waals surface area contributed by atoms with Gasteiger partial charge in [-0.15, -0.1) is 0 Å². The van der Waals surface area contributed by atoms with Crippen LogP contribution in [0, 0.1) is 0 Å². The summed E-state index contributed by atoms with van der Waals surface area (Å²) in [7, 11) is 0. The van der Waals surface area contributed by atoms with E-state index in [9.17, 15) is 14.7 Å². The molecule has 0 aromatic heterocycles. The third kappa shape index (κ3) is 3.59. The van der Waals surface area contributed by atoms with Crippen LogP contribution in [0.15, 0.2) is 0 Å². The number of hydrogen-bond donors (Lipinski definition) is 2. The van der Waals surface area contributed by atoms with Gasteiger partial charge in [-0.3, -0.25) is 4.79 Å². The number of hydrogen-bond acceptors (Lipinski definition) is 5. The second-order valence-corrected chi connectivity index (χ2v) is 4.92. The number of morpholine rings is 2. The summed E-state index contributed by atoms with van der Waals surface area (Å²) in [5.74, 6) is -0.941. The highest BCUT2D eigenvalue weighted by Crippen LogP contribution is 2.14. The molecule has 8 nitrogen and oxygen atoms in total. The van der Waals surface area contributed by atoms with Gasteiger partial charge < -0.3 is 29.5 Å². The smallest absolute Gasteiger partial charge is 0.320 e. The van der Waals surface area contributed by atoms with E-state index in [0.717, 1.165) is 0 Å². The molecule has 2 atom stereocenters. The number of aliphatic carboxylic acids is 1. The number of aliphatic hydroxyl groups excluding tert-OH is 1. The molecule has 0 aromatic rings. The van der Waals surface area contributed by atoms with Crippen molar-refractivity contribution in [3.05, 3.63) is 0 Å². The Kier molecular flexibility index (Phi) is 5.16. The van der Waals surface area contributed by atoms with Crippen LogP contribution in [0.25, 0.3) is 0 Å². The number of carbonyl (C=O) groups is 2. The van der Waals surface area contributed by atoms with Crippen molar-refractivity contribution < 1.29 is 29.3 Å². The fourth-order valence-electron chi connectivity index (χ4n) is 2.45. The molecule has 114 valence electrons. The van der Waals surface area contributed by atoms with Gasteiger partial charge in [0.25, 0.3) is 0 Å². The first kappa shape index (κ1) is 15.0. The van der Waals surface area contributed by atoms with Crippen LogP contribution in [0.4, 0.5) is 4.79 Å². The summed E-state index contributed by atoms with van der Waals surface area (Å²) >= 11 is 0. The lowest BCUT2D eigenvalue weighted by Gasteiger charge is -2.40. The standard InChI is InChI=1S/C12H20N2O6/c15-7-9-8-19-3-2-14(9)12(18)13-1-4-20-10(6-13)5-11(16)17/h9-10,15H,1-8H2,(H,16,17). The Morgan fingerprint density at radius 3 is 2.75 bits per heavy atom. The molecule has 2 rings (SSSR count). The molecule has 2 N–H and O–H groups in total. The molecular formula is C12H20N2O6. The van der Waals surface area contributed by atoms with Gasteiger partial charge in [0.2, 0.25) is 0 Å². The monoisotopic (exact) mass is 288 g/mol. The van der Waals surface area contributed by atoms with E-state index in [2.05, 4.69) is 0 Å². The number of urea groups is 1. The molecule has 2 fully saturated rings. The number of carboxylic acid groups (broad SMARTS) is 1. The molecule has 2 amide bonds. The average Bonchev–Trinajstić information content (AvgIpc) is 2.46. The third-order valence-electron chi connectivity index (χ3n) is 3.50. The number of carboxylic acids is 1. The fourth-order valence-corrected chi connectivity index (χ4v) is 2.45. The van der Waals surface area contributed by atoms with Gasteiger partial charge in [-0.1, -0.05) is 0 Å². The van der Waals surface area contributed by atoms with Gasteiger partial charge in [-0.2, -0.15) is 0 Å². The number of rotatable bonds is 3. The Hall–Kier alpha value is -1.38. The van der Waals surface area contributed by atoms with Crippen LogP contribution in [0.3, 0.4) is 0 Å². The fraction of sp³-hybridized carbons (Fsp3) is 0.833. The first-order valence-corrected chi connectivity index (χ1v) is 6.69. The normalized spacial score (nSPS) is 27.4. The summed E-state index contributed by atoms with van der Waals surface area (Å²) in [5, 5.41) is 18.1. The minimum atomic E-state index is -0.941. The number of aliphatic hydroxyl groups is 1. The molecule has 2 aliphatic rings. The Morgan fingerprint density at radius 2 is 2.05 bits per heavy atom. The van der Waals surface area contributed by atoms with Crippen LogP contribution < -0.4 is 0 Å². The van der Waals surface area contributed by atoms with Gasteiger partial charge in [0.1, 0.15) is 0 Å². The first-order valence-electron chi connectivity index (χ1n) is 6.69. The third-order valence-corrected chi connectivity index (χ3v) is 3.50. The van der Waals surface area contributed by atoms with Crippen LogP contribution in [-0.2, 0) is 14.3 Å². The molecule has 0 spiro atoms. The maximum absolute atomic E-state index is 12.4. The zero-order valence-electron chi connectivity index (χ0n) is 11.2. The highest BCUT2D eigenvalue weighted by atomic mass is 16.5. The van der Waals surface area contributed by atoms with Crippen molar-refractivity contribution in [2.24, 2.45) is 0 Å². The van der Waals surface area contributed by atoms with Gasteiger partial charge in [-0.05, 0) is 0 Å². The summed E-state index contributed by atoms with van der Waals surface area (Å²) in [4.78, 5) is 26.3. The quantitative estimate of drug-likeness (QED) is 0.689. The summed E-state index contributed by atoms with van der Waals surface area (Å²) in [6.07, 6.45) is -0.588. The summed E-state index contributed by atoms with van der Waals surface area (Å²) < 4.78 is 10.6. The van der Waals surface area contributed by atoms with E-state index in [1.165, 1.54) is 0 Å². The van der Waals surface area contributed by atoms with Crippen molar-refractivity contribution >= 4 is 12.0 Å². The van der Waals surface area contributed by atoms with Crippen molar-refractivity contribution in [2.75, 3.05) is 46.1 Å². The SMILES string of the molecule is O=C(O)CC1CN(C(=O)N2CCOCC2CO)CCO1. The van der Waals surface area contributed by atoms with E-state index in [1.807, 2.05) is 0 Å². The number of nitrogens with zero attached hydrogens (tertiary/aromatic N) is 2. The minimum absolute atomic E-state index is 0.115. The number of carbonyl (C=O) groups excluding carboxylic acids is 1. The predicted molar refractivity (Wildman–Crippen MR) is 67.4 cm³/mol. The lowest BCUT2D eigenvalue weighted by atomic mass is 10.2. The van der Waals surface area contributed by atoms with Gasteiger partial charge in [0, 0.05) is 19.6 Å². The van der Waals surface area contributed by atoms with Crippen LogP contribution >= 0.6 is 0 Å². The van der Waals surface area contributed by atoms with E-state index >= 15 is 0 Å². The molecule has 2 unspecified atom stereocenters. The van der Waals surface area contributed by atoms with E-state index in [0.29, 0.717) is 32.9 Å². The maximum atomic E-state index is 12.4. The molecule has 2 saturated heterocycles. The van der Waals surface area contributed by atoms with Crippen molar-refractivity contribution in [2.45, 2.75) is 18.6 Å². The van der Waals surface area contributed by atoms with Crippen LogP contribution in [0.1, 0.15) is 6.42 Å². The van der Waals surface area contributed by atoms with Gasteiger partial charge in [0.05, 0.1) is 45.0 Å². The summed E-state index contributed by atoms with van der Waals surface area (Å²) in [5.41, 5.74) is 0. The van der Waals surface area contributed by atoms with E-state index in [-0.39, 0.29) is 31.6 Å². The molecular weight excluding hydrogens is 268 g/mol. The first-order chi connectivity index (χ1) is 9.61. The largest absolute Gasteiger partial charge is 0.481 e. The lowest BCUT2D eigenvalue weighted by molar-refractivity contribution is -0.141. The summed E-state index contributed by atoms with van der Waals surface area (Å²) in [6.45, 7) is 2.10. The predicted octanol–water partition coefficient (Wildman–Crippen LogP) is -1.02. The van der Waals surface area contributed by atoms with Crippen LogP contribution in [0.5, 0.6) is 0 Å². The molecule has 0 aliphatic carbocycles. The Morgan fingerprint density at radius 1 is 1.25 bits per heavy atom. The molecule has 0 bridgehead atoms. The number of amides is 2. The second-order valence-electron chi connectivity index (χ2n) is 4.92. The van der Waals surface area contributed by atoms with Crippen LogP contribution in [-0.4, -0.2) is 90.2 Å². The van der Waals surface area contributed by atoms with Crippen molar-refractivity contribution in [1.29, 1.82) is 0 Å². The number of ether oxygens (including phenoxy) is 2. The molecule has 8 heteroatoms. The average molecular weight is 288 g/mol. The molecule has 2 aliphatic heterocycles. The van der Waals surface area contributed by atoms with E-state index in [1.54, 1.807) is 9.80 Å². The van der Waals surface area contributed by atoms with Gasteiger partial charge in [0.15, 0.2) is 0 Å². The Bertz CT molecular complexity index is 364. The highest BCUT2D eigenvalue weighted by molar-refractivity contribution is 5.75. The van der Waals surface area contributed by atoms with E-state index < -0.39 is 12.1 Å². The summed E-state index contributed by atoms with van der Waals surface area (Å²) in [6, 6.07) is -0.525. The van der Waals surface area contributed by atoms with E-state index in [4.69, 9.17) is 14.6 Å². The van der Waals surface area contributed by atoms with Crippen molar-refractivity contribution in [3.8, 4) is 0 Å². The zero-order chi connectivity index (χ0) is 14.5. The van der Waals surface area contributed by atoms with Gasteiger partial charge in [-0.25, -0.2) is 4.79 Å². The van der Waals surface area contributed by atoms with Crippen LogP contribution in [0.2, 0.25) is 0 Å². The Labute approximate surface area is 116 Å². The molecule has 20 heavy (non-hydrogen) atoms. The van der Waals surface area contributed by atoms with Crippen molar-refractivity contribution in [1.82, 2.24) is 9.80 Å². The highest BCUT2D eigenvalue weighted by Gasteiger charge is 2.33. The van der Waals surface area contributed by atoms with Crippen molar-refractivity contribution in [3.63, 3.8) is 0 Å². The molecule has 0 radical (unpaired) electrons. The maximum Gasteiger partial charge on any atom is 0.320 e. The second kappa shape index (κ2) is 6.87. The lowest BCUT2D eigenvalue weighted by Crippen LogP contribution is -2.58. The Balaban J connectivity index is 1.95. The topological polar surface area (TPSA) is 99.5 Å². The zero-order valence-corrected chi connectivity index (χ0v) is 11.2. The molecule has 2 heterocycles. The van der Waals surface area contributed by atoms with Gasteiger partial charge >= 0.3 is 12.0 Å². The molecule has 0 aromatic carbocycles. The minimum Gasteiger partial charge on any atom is -0.481 e.